The Bertz CT molecular complexity index is 560. The summed E-state index contributed by atoms with van der Waals surface area (Å²) in [5.41, 5.74) is 2.66. The number of hydrogen-bond acceptors (Lipinski definition) is 2. The van der Waals surface area contributed by atoms with E-state index in [0.717, 1.165) is 16.8 Å². The number of benzene rings is 1. The van der Waals surface area contributed by atoms with Gasteiger partial charge in [-0.15, -0.1) is 11.6 Å². The summed E-state index contributed by atoms with van der Waals surface area (Å²) in [5.74, 6) is 0.111. The lowest BCUT2D eigenvalue weighted by atomic mass is 10.1. The van der Waals surface area contributed by atoms with E-state index in [4.69, 9.17) is 11.6 Å². The maximum absolute atomic E-state index is 12.2. The van der Waals surface area contributed by atoms with Crippen molar-refractivity contribution in [1.29, 1.82) is 0 Å². The summed E-state index contributed by atoms with van der Waals surface area (Å²) in [4.78, 5) is 4.28. The molecule has 5 heteroatoms. The molecule has 106 valence electrons. The van der Waals surface area contributed by atoms with E-state index in [2.05, 4.69) is 9.72 Å². The number of hydrogen-bond donors (Lipinski definition) is 0. The molecule has 0 saturated carbocycles. The number of halogens is 3. The van der Waals surface area contributed by atoms with Crippen molar-refractivity contribution in [1.82, 2.24) is 4.98 Å². The number of nitrogens with zero attached hydrogens (tertiary/aromatic N) is 1. The fourth-order valence-electron chi connectivity index (χ4n) is 1.81. The van der Waals surface area contributed by atoms with Gasteiger partial charge in [0.15, 0.2) is 0 Å². The predicted molar refractivity (Wildman–Crippen MR) is 74.3 cm³/mol. The third-order valence-electron chi connectivity index (χ3n) is 2.81. The quantitative estimate of drug-likeness (QED) is 0.757. The molecule has 0 bridgehead atoms. The van der Waals surface area contributed by atoms with Crippen molar-refractivity contribution in [3.05, 3.63) is 59.4 Å². The van der Waals surface area contributed by atoms with Gasteiger partial charge >= 0.3 is 6.61 Å². The van der Waals surface area contributed by atoms with E-state index in [-0.39, 0.29) is 11.1 Å². The van der Waals surface area contributed by atoms with Crippen molar-refractivity contribution < 1.29 is 13.5 Å². The summed E-state index contributed by atoms with van der Waals surface area (Å²) in [5, 5.41) is -0.341. The fraction of sp³-hybridized carbons (Fsp3) is 0.267. The van der Waals surface area contributed by atoms with Crippen LogP contribution in [-0.2, 0) is 6.42 Å². The van der Waals surface area contributed by atoms with Gasteiger partial charge in [0.25, 0.3) is 0 Å². The molecule has 0 spiro atoms. The van der Waals surface area contributed by atoms with Crippen LogP contribution in [0.25, 0.3) is 0 Å². The van der Waals surface area contributed by atoms with E-state index in [1.807, 2.05) is 19.1 Å². The molecule has 1 aromatic heterocycles. The number of aromatic nitrogens is 1. The van der Waals surface area contributed by atoms with Crippen LogP contribution < -0.4 is 4.74 Å². The molecule has 2 rings (SSSR count). The summed E-state index contributed by atoms with van der Waals surface area (Å²) in [6.07, 6.45) is 2.30. The van der Waals surface area contributed by atoms with Crippen molar-refractivity contribution in [3.8, 4) is 5.75 Å². The first kappa shape index (κ1) is 14.7. The standard InChI is InChI=1S/C15H14ClF2NO/c1-10-5-6-12(19-9-10)8-14(16)11-3-2-4-13(7-11)20-15(17)18/h2-7,9,14-15H,8H2,1H3. The highest BCUT2D eigenvalue weighted by Gasteiger charge is 2.12. The molecule has 0 amide bonds. The number of aryl methyl sites for hydroxylation is 1. The molecule has 2 nitrogen and oxygen atoms in total. The van der Waals surface area contributed by atoms with Gasteiger partial charge in [-0.3, -0.25) is 4.98 Å². The zero-order chi connectivity index (χ0) is 14.5. The lowest BCUT2D eigenvalue weighted by Crippen LogP contribution is -2.03. The molecule has 0 saturated heterocycles. The molecule has 1 heterocycles. The third kappa shape index (κ3) is 4.17. The molecular weight excluding hydrogens is 284 g/mol. The Morgan fingerprint density at radius 1 is 1.25 bits per heavy atom. The topological polar surface area (TPSA) is 22.1 Å². The van der Waals surface area contributed by atoms with E-state index < -0.39 is 6.61 Å². The van der Waals surface area contributed by atoms with Crippen molar-refractivity contribution >= 4 is 11.6 Å². The first-order chi connectivity index (χ1) is 9.54. The minimum absolute atomic E-state index is 0.111. The second-order valence-corrected chi connectivity index (χ2v) is 4.98. The van der Waals surface area contributed by atoms with E-state index in [1.165, 1.54) is 12.1 Å². The summed E-state index contributed by atoms with van der Waals surface area (Å²) >= 11 is 6.31. The Kier molecular flexibility index (Phi) is 4.90. The van der Waals surface area contributed by atoms with Gasteiger partial charge in [-0.25, -0.2) is 0 Å². The summed E-state index contributed by atoms with van der Waals surface area (Å²) in [6, 6.07) is 10.3. The molecule has 1 atom stereocenters. The highest BCUT2D eigenvalue weighted by atomic mass is 35.5. The summed E-state index contributed by atoms with van der Waals surface area (Å²) < 4.78 is 28.7. The SMILES string of the molecule is Cc1ccc(CC(Cl)c2cccc(OC(F)F)c2)nc1. The molecule has 0 N–H and O–H groups in total. The lowest BCUT2D eigenvalue weighted by Gasteiger charge is -2.11. The van der Waals surface area contributed by atoms with Gasteiger partial charge in [-0.2, -0.15) is 8.78 Å². The van der Waals surface area contributed by atoms with Crippen LogP contribution in [0, 0.1) is 6.92 Å². The smallest absolute Gasteiger partial charge is 0.387 e. The Balaban J connectivity index is 2.08. The average molecular weight is 298 g/mol. The molecule has 20 heavy (non-hydrogen) atoms. The number of rotatable bonds is 5. The molecule has 1 aromatic carbocycles. The predicted octanol–water partition coefficient (Wildman–Crippen LogP) is 4.51. The van der Waals surface area contributed by atoms with Crippen LogP contribution in [0.4, 0.5) is 8.78 Å². The second kappa shape index (κ2) is 6.66. The second-order valence-electron chi connectivity index (χ2n) is 4.45. The largest absolute Gasteiger partial charge is 0.435 e. The normalized spacial score (nSPS) is 12.4. The van der Waals surface area contributed by atoms with Crippen LogP contribution in [-0.4, -0.2) is 11.6 Å². The van der Waals surface area contributed by atoms with Crippen LogP contribution in [0.3, 0.4) is 0 Å². The molecule has 0 aliphatic rings. The van der Waals surface area contributed by atoms with Gasteiger partial charge in [0.2, 0.25) is 0 Å². The van der Waals surface area contributed by atoms with Crippen molar-refractivity contribution in [2.24, 2.45) is 0 Å². The molecule has 0 aliphatic heterocycles. The van der Waals surface area contributed by atoms with Gasteiger partial charge < -0.3 is 4.74 Å². The molecule has 2 aromatic rings. The van der Waals surface area contributed by atoms with Crippen molar-refractivity contribution in [2.75, 3.05) is 0 Å². The van der Waals surface area contributed by atoms with E-state index in [9.17, 15) is 8.78 Å². The molecule has 0 aliphatic carbocycles. The van der Waals surface area contributed by atoms with Crippen LogP contribution in [0.1, 0.15) is 22.2 Å². The van der Waals surface area contributed by atoms with Crippen LogP contribution in [0.5, 0.6) is 5.75 Å². The zero-order valence-electron chi connectivity index (χ0n) is 10.9. The molecule has 1 unspecified atom stereocenters. The van der Waals surface area contributed by atoms with Gasteiger partial charge in [0.05, 0.1) is 5.38 Å². The molecule has 0 fully saturated rings. The number of ether oxygens (including phenoxy) is 1. The van der Waals surface area contributed by atoms with Gasteiger partial charge in [0, 0.05) is 18.3 Å². The number of pyridine rings is 1. The molecular formula is C15H14ClF2NO. The van der Waals surface area contributed by atoms with Crippen LogP contribution >= 0.6 is 11.6 Å². The Hall–Kier alpha value is -1.68. The Morgan fingerprint density at radius 2 is 2.05 bits per heavy atom. The van der Waals surface area contributed by atoms with E-state index in [1.54, 1.807) is 18.3 Å². The molecule has 0 radical (unpaired) electrons. The minimum Gasteiger partial charge on any atom is -0.435 e. The van der Waals surface area contributed by atoms with E-state index in [0.29, 0.717) is 6.42 Å². The first-order valence-corrected chi connectivity index (χ1v) is 6.58. The van der Waals surface area contributed by atoms with Crippen LogP contribution in [0.2, 0.25) is 0 Å². The van der Waals surface area contributed by atoms with Crippen molar-refractivity contribution in [2.45, 2.75) is 25.3 Å². The zero-order valence-corrected chi connectivity index (χ0v) is 11.6. The Morgan fingerprint density at radius 3 is 2.70 bits per heavy atom. The van der Waals surface area contributed by atoms with Crippen LogP contribution in [0.15, 0.2) is 42.6 Å². The maximum atomic E-state index is 12.2. The van der Waals surface area contributed by atoms with Gasteiger partial charge in [-0.05, 0) is 36.2 Å². The van der Waals surface area contributed by atoms with E-state index >= 15 is 0 Å². The average Bonchev–Trinajstić information content (AvgIpc) is 2.41. The highest BCUT2D eigenvalue weighted by molar-refractivity contribution is 6.20. The monoisotopic (exact) mass is 297 g/mol. The first-order valence-electron chi connectivity index (χ1n) is 6.15. The van der Waals surface area contributed by atoms with Crippen molar-refractivity contribution in [3.63, 3.8) is 0 Å². The summed E-state index contributed by atoms with van der Waals surface area (Å²) in [6.45, 7) is -0.877. The summed E-state index contributed by atoms with van der Waals surface area (Å²) in [7, 11) is 0. The highest BCUT2D eigenvalue weighted by Crippen LogP contribution is 2.27. The third-order valence-corrected chi connectivity index (χ3v) is 3.21. The van der Waals surface area contributed by atoms with Gasteiger partial charge in [-0.1, -0.05) is 18.2 Å². The minimum atomic E-state index is -2.84. The lowest BCUT2D eigenvalue weighted by molar-refractivity contribution is -0.0498. The number of alkyl halides is 3. The van der Waals surface area contributed by atoms with Gasteiger partial charge in [0.1, 0.15) is 5.75 Å². The Labute approximate surface area is 121 Å². The maximum Gasteiger partial charge on any atom is 0.387 e. The fourth-order valence-corrected chi connectivity index (χ4v) is 2.10.